The Morgan fingerprint density at radius 2 is 2.08 bits per heavy atom. The number of piperidine rings is 1. The molecule has 3 nitrogen and oxygen atoms in total. The van der Waals surface area contributed by atoms with Crippen LogP contribution in [0, 0.1) is 5.92 Å². The van der Waals surface area contributed by atoms with E-state index in [-0.39, 0.29) is 11.3 Å². The normalized spacial score (nSPS) is 24.2. The Morgan fingerprint density at radius 1 is 1.28 bits per heavy atom. The van der Waals surface area contributed by atoms with Crippen molar-refractivity contribution in [2.24, 2.45) is 5.92 Å². The van der Waals surface area contributed by atoms with E-state index in [1.165, 1.54) is 57.3 Å². The van der Waals surface area contributed by atoms with Gasteiger partial charge in [-0.25, -0.2) is 0 Å². The molecule has 2 atom stereocenters. The van der Waals surface area contributed by atoms with Crippen LogP contribution in [0.2, 0.25) is 0 Å². The van der Waals surface area contributed by atoms with E-state index >= 15 is 0 Å². The molecule has 2 rings (SSSR count). The first-order chi connectivity index (χ1) is 12.0. The summed E-state index contributed by atoms with van der Waals surface area (Å²) in [5.74, 6) is 0.696. The van der Waals surface area contributed by atoms with Crippen molar-refractivity contribution in [3.05, 3.63) is 29.8 Å². The fourth-order valence-electron chi connectivity index (χ4n) is 3.91. The van der Waals surface area contributed by atoms with E-state index in [0.717, 1.165) is 5.69 Å². The molecule has 0 aromatic heterocycles. The summed E-state index contributed by atoms with van der Waals surface area (Å²) in [5.41, 5.74) is 2.48. The fourth-order valence-corrected chi connectivity index (χ4v) is 3.91. The summed E-state index contributed by atoms with van der Waals surface area (Å²) < 4.78 is 0. The number of nitrogens with one attached hydrogen (secondary N) is 1. The highest BCUT2D eigenvalue weighted by molar-refractivity contribution is 5.90. The highest BCUT2D eigenvalue weighted by Gasteiger charge is 2.37. The van der Waals surface area contributed by atoms with Gasteiger partial charge in [-0.2, -0.15) is 0 Å². The van der Waals surface area contributed by atoms with E-state index < -0.39 is 0 Å². The maximum absolute atomic E-state index is 11.7. The molecule has 1 amide bonds. The zero-order chi connectivity index (χ0) is 18.3. The van der Waals surface area contributed by atoms with Crippen LogP contribution in [0.4, 0.5) is 5.69 Å². The standard InChI is InChI=1S/C22H36N2O/c1-5-7-8-9-14-24-15-13-22(4,18(3)17-24)19-11-10-12-20(16-19)23-21(25)6-2/h10-12,16,18H,5-9,13-15,17H2,1-4H3,(H,23,25). The summed E-state index contributed by atoms with van der Waals surface area (Å²) in [4.78, 5) is 14.3. The third-order valence-electron chi connectivity index (χ3n) is 6.02. The molecular formula is C22H36N2O. The lowest BCUT2D eigenvalue weighted by Crippen LogP contribution is -2.47. The Morgan fingerprint density at radius 3 is 2.76 bits per heavy atom. The van der Waals surface area contributed by atoms with Crippen LogP contribution in [0.3, 0.4) is 0 Å². The quantitative estimate of drug-likeness (QED) is 0.656. The molecule has 0 radical (unpaired) electrons. The summed E-state index contributed by atoms with van der Waals surface area (Å²) in [5, 5.41) is 3.00. The average Bonchev–Trinajstić information content (AvgIpc) is 2.62. The van der Waals surface area contributed by atoms with Gasteiger partial charge in [0, 0.05) is 18.7 Å². The summed E-state index contributed by atoms with van der Waals surface area (Å²) in [6.07, 6.45) is 7.06. The second kappa shape index (κ2) is 9.38. The number of likely N-dealkylation sites (tertiary alicyclic amines) is 1. The van der Waals surface area contributed by atoms with Crippen molar-refractivity contribution < 1.29 is 4.79 Å². The summed E-state index contributed by atoms with van der Waals surface area (Å²) >= 11 is 0. The number of carbonyl (C=O) groups excluding carboxylic acids is 1. The zero-order valence-corrected chi connectivity index (χ0v) is 16.6. The summed E-state index contributed by atoms with van der Waals surface area (Å²) in [6, 6.07) is 8.49. The number of anilines is 1. The largest absolute Gasteiger partial charge is 0.326 e. The molecular weight excluding hydrogens is 308 g/mol. The van der Waals surface area contributed by atoms with Crippen LogP contribution >= 0.6 is 0 Å². The van der Waals surface area contributed by atoms with Gasteiger partial charge in [-0.05, 0) is 55.0 Å². The maximum atomic E-state index is 11.7. The molecule has 0 aliphatic carbocycles. The van der Waals surface area contributed by atoms with Crippen LogP contribution in [0.1, 0.15) is 71.8 Å². The molecule has 1 aliphatic heterocycles. The first kappa shape index (κ1) is 20.0. The summed E-state index contributed by atoms with van der Waals surface area (Å²) in [7, 11) is 0. The van der Waals surface area contributed by atoms with E-state index in [0.29, 0.717) is 12.3 Å². The Labute approximate surface area is 154 Å². The van der Waals surface area contributed by atoms with Gasteiger partial charge in [0.05, 0.1) is 0 Å². The number of benzene rings is 1. The van der Waals surface area contributed by atoms with Gasteiger partial charge in [0.15, 0.2) is 0 Å². The lowest BCUT2D eigenvalue weighted by Gasteiger charge is -2.45. The molecule has 140 valence electrons. The SMILES string of the molecule is CCCCCCN1CCC(C)(c2cccc(NC(=O)CC)c2)C(C)C1. The fraction of sp³-hybridized carbons (Fsp3) is 0.682. The van der Waals surface area contributed by atoms with Gasteiger partial charge in [0.1, 0.15) is 0 Å². The smallest absolute Gasteiger partial charge is 0.224 e. The molecule has 2 unspecified atom stereocenters. The van der Waals surface area contributed by atoms with E-state index in [4.69, 9.17) is 0 Å². The number of unbranched alkanes of at least 4 members (excludes halogenated alkanes) is 3. The third kappa shape index (κ3) is 5.31. The monoisotopic (exact) mass is 344 g/mol. The zero-order valence-electron chi connectivity index (χ0n) is 16.6. The van der Waals surface area contributed by atoms with Gasteiger partial charge in [0.25, 0.3) is 0 Å². The van der Waals surface area contributed by atoms with E-state index in [1.807, 2.05) is 13.0 Å². The maximum Gasteiger partial charge on any atom is 0.224 e. The highest BCUT2D eigenvalue weighted by Crippen LogP contribution is 2.40. The number of amides is 1. The molecule has 0 spiro atoms. The topological polar surface area (TPSA) is 32.3 Å². The summed E-state index contributed by atoms with van der Waals surface area (Å²) in [6.45, 7) is 12.5. The minimum atomic E-state index is 0.0808. The molecule has 25 heavy (non-hydrogen) atoms. The third-order valence-corrected chi connectivity index (χ3v) is 6.02. The highest BCUT2D eigenvalue weighted by atomic mass is 16.1. The van der Waals surface area contributed by atoms with Gasteiger partial charge in [-0.3, -0.25) is 4.79 Å². The number of rotatable bonds is 8. The number of nitrogens with zero attached hydrogens (tertiary/aromatic N) is 1. The van der Waals surface area contributed by atoms with Crippen LogP contribution in [0.25, 0.3) is 0 Å². The minimum absolute atomic E-state index is 0.0808. The Bertz CT molecular complexity index is 557. The van der Waals surface area contributed by atoms with Crippen molar-refractivity contribution in [3.63, 3.8) is 0 Å². The van der Waals surface area contributed by atoms with Crippen molar-refractivity contribution in [2.75, 3.05) is 25.0 Å². The Balaban J connectivity index is 1.99. The number of carbonyl (C=O) groups is 1. The molecule has 0 saturated carbocycles. The van der Waals surface area contributed by atoms with Gasteiger partial charge in [0.2, 0.25) is 5.91 Å². The second-order valence-corrected chi connectivity index (χ2v) is 7.91. The van der Waals surface area contributed by atoms with Gasteiger partial charge < -0.3 is 10.2 Å². The van der Waals surface area contributed by atoms with Crippen LogP contribution in [-0.2, 0) is 10.2 Å². The van der Waals surface area contributed by atoms with Crippen molar-refractivity contribution >= 4 is 11.6 Å². The Hall–Kier alpha value is -1.35. The van der Waals surface area contributed by atoms with E-state index in [1.54, 1.807) is 0 Å². The Kier molecular flexibility index (Phi) is 7.49. The lowest BCUT2D eigenvalue weighted by atomic mass is 9.68. The minimum Gasteiger partial charge on any atom is -0.326 e. The predicted octanol–water partition coefficient (Wildman–Crippen LogP) is 5.21. The van der Waals surface area contributed by atoms with Crippen LogP contribution < -0.4 is 5.32 Å². The van der Waals surface area contributed by atoms with Crippen molar-refractivity contribution in [1.29, 1.82) is 0 Å². The van der Waals surface area contributed by atoms with Crippen LogP contribution in [0.15, 0.2) is 24.3 Å². The number of hydrogen-bond acceptors (Lipinski definition) is 2. The molecule has 1 aromatic rings. The molecule has 1 aliphatic rings. The van der Waals surface area contributed by atoms with E-state index in [9.17, 15) is 4.79 Å². The molecule has 3 heteroatoms. The molecule has 1 N–H and O–H groups in total. The van der Waals surface area contributed by atoms with Crippen LogP contribution in [0.5, 0.6) is 0 Å². The predicted molar refractivity (Wildman–Crippen MR) is 107 cm³/mol. The van der Waals surface area contributed by atoms with Gasteiger partial charge >= 0.3 is 0 Å². The van der Waals surface area contributed by atoms with Crippen molar-refractivity contribution in [2.45, 2.75) is 71.6 Å². The first-order valence-electron chi connectivity index (χ1n) is 10.1. The van der Waals surface area contributed by atoms with Crippen molar-refractivity contribution in [3.8, 4) is 0 Å². The molecule has 1 fully saturated rings. The average molecular weight is 345 g/mol. The molecule has 0 bridgehead atoms. The van der Waals surface area contributed by atoms with Crippen molar-refractivity contribution in [1.82, 2.24) is 4.90 Å². The lowest BCUT2D eigenvalue weighted by molar-refractivity contribution is -0.115. The number of hydrogen-bond donors (Lipinski definition) is 1. The van der Waals surface area contributed by atoms with Gasteiger partial charge in [-0.1, -0.05) is 59.1 Å². The first-order valence-corrected chi connectivity index (χ1v) is 10.1. The second-order valence-electron chi connectivity index (χ2n) is 7.91. The van der Waals surface area contributed by atoms with E-state index in [2.05, 4.69) is 49.2 Å². The molecule has 1 aromatic carbocycles. The molecule has 1 saturated heterocycles. The molecule has 1 heterocycles. The van der Waals surface area contributed by atoms with Gasteiger partial charge in [-0.15, -0.1) is 0 Å². The van der Waals surface area contributed by atoms with Crippen LogP contribution in [-0.4, -0.2) is 30.4 Å².